The van der Waals surface area contributed by atoms with E-state index in [1.807, 2.05) is 43.3 Å². The first kappa shape index (κ1) is 28.8. The van der Waals surface area contributed by atoms with Crippen LogP contribution in [0, 0.1) is 11.3 Å². The second-order valence-corrected chi connectivity index (χ2v) is 11.3. The van der Waals surface area contributed by atoms with Gasteiger partial charge in [0.05, 0.1) is 30.4 Å². The predicted octanol–water partition coefficient (Wildman–Crippen LogP) is 4.50. The number of benzene rings is 3. The highest BCUT2D eigenvalue weighted by molar-refractivity contribution is 7.89. The van der Waals surface area contributed by atoms with Crippen LogP contribution in [0.15, 0.2) is 95.5 Å². The summed E-state index contributed by atoms with van der Waals surface area (Å²) in [5.74, 6) is 0.0751. The van der Waals surface area contributed by atoms with Crippen LogP contribution >= 0.6 is 0 Å². The van der Waals surface area contributed by atoms with Gasteiger partial charge in [-0.2, -0.15) is 14.7 Å². The summed E-state index contributed by atoms with van der Waals surface area (Å²) in [5.41, 5.74) is 2.53. The van der Waals surface area contributed by atoms with Crippen LogP contribution in [0.5, 0.6) is 5.75 Å². The SMILES string of the molecule is CCOc1ccc(NC(=O)C(C#N)=Cc2cn(-c3ccccc3)nc2-c2cccc(S(=O)(=O)N3CCOCC3)c2)cc1. The molecule has 11 heteroatoms. The number of amides is 1. The maximum atomic E-state index is 13.4. The van der Waals surface area contributed by atoms with Gasteiger partial charge in [0.25, 0.3) is 5.91 Å². The first-order valence-corrected chi connectivity index (χ1v) is 14.8. The maximum absolute atomic E-state index is 13.4. The Kier molecular flexibility index (Phi) is 8.78. The summed E-state index contributed by atoms with van der Waals surface area (Å²) in [4.78, 5) is 13.2. The average Bonchev–Trinajstić information content (AvgIpc) is 3.46. The lowest BCUT2D eigenvalue weighted by Gasteiger charge is -2.26. The van der Waals surface area contributed by atoms with Gasteiger partial charge in [-0.05, 0) is 61.5 Å². The summed E-state index contributed by atoms with van der Waals surface area (Å²) < 4.78 is 40.5. The van der Waals surface area contributed by atoms with Gasteiger partial charge in [0.1, 0.15) is 23.1 Å². The highest BCUT2D eigenvalue weighted by Crippen LogP contribution is 2.29. The molecule has 1 saturated heterocycles. The molecule has 1 N–H and O–H groups in total. The maximum Gasteiger partial charge on any atom is 0.266 e. The highest BCUT2D eigenvalue weighted by Gasteiger charge is 2.27. The Labute approximate surface area is 244 Å². The molecule has 1 aliphatic rings. The number of nitriles is 1. The number of hydrogen-bond donors (Lipinski definition) is 1. The van der Waals surface area contributed by atoms with Crippen LogP contribution < -0.4 is 10.1 Å². The van der Waals surface area contributed by atoms with Crippen LogP contribution in [0.4, 0.5) is 5.69 Å². The van der Waals surface area contributed by atoms with E-state index in [4.69, 9.17) is 14.6 Å². The first-order valence-electron chi connectivity index (χ1n) is 13.4. The quantitative estimate of drug-likeness (QED) is 0.227. The third-order valence-electron chi connectivity index (χ3n) is 6.57. The number of nitrogens with zero attached hydrogens (tertiary/aromatic N) is 4. The summed E-state index contributed by atoms with van der Waals surface area (Å²) >= 11 is 0. The fraction of sp³-hybridized carbons (Fsp3) is 0.194. The Morgan fingerprint density at radius 2 is 1.81 bits per heavy atom. The van der Waals surface area contributed by atoms with Crippen LogP contribution in [-0.4, -0.2) is 61.3 Å². The predicted molar refractivity (Wildman–Crippen MR) is 158 cm³/mol. The van der Waals surface area contributed by atoms with E-state index in [0.717, 1.165) is 5.69 Å². The lowest BCUT2D eigenvalue weighted by Crippen LogP contribution is -2.40. The van der Waals surface area contributed by atoms with Crippen LogP contribution in [0.25, 0.3) is 23.0 Å². The second kappa shape index (κ2) is 12.8. The number of aromatic nitrogens is 2. The van der Waals surface area contributed by atoms with Crippen molar-refractivity contribution in [3.8, 4) is 28.8 Å². The van der Waals surface area contributed by atoms with Crippen molar-refractivity contribution in [1.29, 1.82) is 5.26 Å². The number of ether oxygens (including phenoxy) is 2. The molecule has 0 radical (unpaired) electrons. The third kappa shape index (κ3) is 6.42. The molecule has 0 aliphatic carbocycles. The molecule has 1 fully saturated rings. The first-order chi connectivity index (χ1) is 20.4. The molecule has 1 aromatic heterocycles. The molecule has 0 atom stereocenters. The number of morpholine rings is 1. The van der Waals surface area contributed by atoms with Crippen molar-refractivity contribution in [2.45, 2.75) is 11.8 Å². The lowest BCUT2D eigenvalue weighted by atomic mass is 10.1. The molecule has 5 rings (SSSR count). The monoisotopic (exact) mass is 583 g/mol. The summed E-state index contributed by atoms with van der Waals surface area (Å²) in [7, 11) is -3.76. The van der Waals surface area contributed by atoms with E-state index in [1.165, 1.54) is 10.4 Å². The number of anilines is 1. The lowest BCUT2D eigenvalue weighted by molar-refractivity contribution is -0.112. The largest absolute Gasteiger partial charge is 0.494 e. The molecule has 0 unspecified atom stereocenters. The van der Waals surface area contributed by atoms with E-state index in [2.05, 4.69) is 5.32 Å². The molecule has 0 bridgehead atoms. The standard InChI is InChI=1S/C31H29N5O5S/c1-2-41-28-13-11-26(12-14-28)33-31(37)24(21-32)19-25-22-36(27-8-4-3-5-9-27)34-30(25)23-7-6-10-29(20-23)42(38,39)35-15-17-40-18-16-35/h3-14,19-20,22H,2,15-18H2,1H3,(H,33,37). The summed E-state index contributed by atoms with van der Waals surface area (Å²) in [6.45, 7) is 3.63. The molecular formula is C31H29N5O5S. The number of para-hydroxylation sites is 1. The zero-order valence-electron chi connectivity index (χ0n) is 22.9. The van der Waals surface area contributed by atoms with Crippen LogP contribution in [0.2, 0.25) is 0 Å². The fourth-order valence-electron chi connectivity index (χ4n) is 4.47. The minimum Gasteiger partial charge on any atom is -0.494 e. The van der Waals surface area contributed by atoms with E-state index in [9.17, 15) is 18.5 Å². The van der Waals surface area contributed by atoms with Gasteiger partial charge < -0.3 is 14.8 Å². The minimum atomic E-state index is -3.76. The summed E-state index contributed by atoms with van der Waals surface area (Å²) in [6.07, 6.45) is 3.16. The minimum absolute atomic E-state index is 0.125. The topological polar surface area (TPSA) is 127 Å². The van der Waals surface area contributed by atoms with Gasteiger partial charge in [-0.3, -0.25) is 4.79 Å². The Morgan fingerprint density at radius 3 is 2.50 bits per heavy atom. The van der Waals surface area contributed by atoms with Crippen LogP contribution in [0.1, 0.15) is 12.5 Å². The Hall–Kier alpha value is -4.76. The van der Waals surface area contributed by atoms with E-state index < -0.39 is 15.9 Å². The highest BCUT2D eigenvalue weighted by atomic mass is 32.2. The number of hydrogen-bond acceptors (Lipinski definition) is 7. The van der Waals surface area contributed by atoms with Gasteiger partial charge >= 0.3 is 0 Å². The van der Waals surface area contributed by atoms with Crippen LogP contribution in [-0.2, 0) is 19.6 Å². The van der Waals surface area contributed by atoms with Crippen molar-refractivity contribution in [2.75, 3.05) is 38.2 Å². The van der Waals surface area contributed by atoms with Crippen molar-refractivity contribution >= 4 is 27.7 Å². The molecule has 214 valence electrons. The van der Waals surface area contributed by atoms with Crippen molar-refractivity contribution < 1.29 is 22.7 Å². The van der Waals surface area contributed by atoms with Crippen molar-refractivity contribution in [2.24, 2.45) is 0 Å². The second-order valence-electron chi connectivity index (χ2n) is 9.34. The van der Waals surface area contributed by atoms with Crippen molar-refractivity contribution in [3.63, 3.8) is 0 Å². The van der Waals surface area contributed by atoms with Gasteiger partial charge in [0.15, 0.2) is 0 Å². The van der Waals surface area contributed by atoms with E-state index in [0.29, 0.717) is 48.1 Å². The van der Waals surface area contributed by atoms with Gasteiger partial charge in [0, 0.05) is 36.1 Å². The fourth-order valence-corrected chi connectivity index (χ4v) is 5.93. The van der Waals surface area contributed by atoms with E-state index >= 15 is 0 Å². The Morgan fingerprint density at radius 1 is 1.07 bits per heavy atom. The molecular weight excluding hydrogens is 554 g/mol. The van der Waals surface area contributed by atoms with Gasteiger partial charge in [-0.25, -0.2) is 13.1 Å². The number of sulfonamides is 1. The number of carbonyl (C=O) groups is 1. The number of carbonyl (C=O) groups excluding carboxylic acids is 1. The van der Waals surface area contributed by atoms with Crippen LogP contribution in [0.3, 0.4) is 0 Å². The Balaban J connectivity index is 1.52. The molecule has 1 aliphatic heterocycles. The molecule has 0 spiro atoms. The average molecular weight is 584 g/mol. The molecule has 3 aromatic carbocycles. The van der Waals surface area contributed by atoms with E-state index in [1.54, 1.807) is 59.4 Å². The number of nitrogens with one attached hydrogen (secondary N) is 1. The molecule has 2 heterocycles. The normalized spacial score (nSPS) is 14.2. The smallest absolute Gasteiger partial charge is 0.266 e. The molecule has 10 nitrogen and oxygen atoms in total. The van der Waals surface area contributed by atoms with Gasteiger partial charge in [0.2, 0.25) is 10.0 Å². The zero-order valence-corrected chi connectivity index (χ0v) is 23.8. The zero-order chi connectivity index (χ0) is 29.5. The Bertz CT molecular complexity index is 1740. The molecule has 0 saturated carbocycles. The number of rotatable bonds is 9. The summed E-state index contributed by atoms with van der Waals surface area (Å²) in [6, 6.07) is 24.7. The molecule has 42 heavy (non-hydrogen) atoms. The third-order valence-corrected chi connectivity index (χ3v) is 8.46. The van der Waals surface area contributed by atoms with Gasteiger partial charge in [-0.15, -0.1) is 0 Å². The van der Waals surface area contributed by atoms with Crippen molar-refractivity contribution in [1.82, 2.24) is 14.1 Å². The van der Waals surface area contributed by atoms with Gasteiger partial charge in [-0.1, -0.05) is 30.3 Å². The van der Waals surface area contributed by atoms with Crippen molar-refractivity contribution in [3.05, 3.63) is 96.2 Å². The molecule has 4 aromatic rings. The summed E-state index contributed by atoms with van der Waals surface area (Å²) in [5, 5.41) is 17.4. The van der Waals surface area contributed by atoms with E-state index in [-0.39, 0.29) is 23.6 Å². The molecule has 1 amide bonds.